The van der Waals surface area contributed by atoms with Gasteiger partial charge < -0.3 is 15.3 Å². The lowest BCUT2D eigenvalue weighted by molar-refractivity contribution is 0.111. The van der Waals surface area contributed by atoms with E-state index in [0.29, 0.717) is 35.5 Å². The van der Waals surface area contributed by atoms with E-state index in [-0.39, 0.29) is 33.9 Å². The molecule has 210 valence electrons. The van der Waals surface area contributed by atoms with Gasteiger partial charge in [-0.3, -0.25) is 14.4 Å². The van der Waals surface area contributed by atoms with Gasteiger partial charge in [0.1, 0.15) is 17.2 Å². The highest BCUT2D eigenvalue weighted by molar-refractivity contribution is 5.83. The van der Waals surface area contributed by atoms with Crippen LogP contribution in [0.5, 0.6) is 17.2 Å². The average Bonchev–Trinajstić information content (AvgIpc) is 2.96. The van der Waals surface area contributed by atoms with Crippen LogP contribution in [0.1, 0.15) is 96.4 Å². The molecule has 0 spiro atoms. The molecule has 0 heterocycles. The summed E-state index contributed by atoms with van der Waals surface area (Å²) in [5.41, 5.74) is 4.73. The van der Waals surface area contributed by atoms with Crippen LogP contribution in [0.15, 0.2) is 60.7 Å². The lowest BCUT2D eigenvalue weighted by Gasteiger charge is -2.35. The van der Waals surface area contributed by atoms with Crippen LogP contribution in [0.3, 0.4) is 0 Å². The van der Waals surface area contributed by atoms with Crippen LogP contribution >= 0.6 is 0 Å². The molecule has 0 aliphatic heterocycles. The maximum absolute atomic E-state index is 11.9. The molecule has 4 aromatic carbocycles. The number of rotatable bonds is 8. The van der Waals surface area contributed by atoms with E-state index in [1.165, 1.54) is 0 Å². The number of hydrogen-bond donors (Lipinski definition) is 3. The Hall–Kier alpha value is -4.71. The lowest BCUT2D eigenvalue weighted by atomic mass is 9.68. The van der Waals surface area contributed by atoms with Gasteiger partial charge in [-0.1, -0.05) is 56.3 Å². The first-order valence-corrected chi connectivity index (χ1v) is 13.3. The molecule has 0 atom stereocenters. The number of carbonyl (C=O) groups excluding carboxylic acids is 3. The molecule has 6 nitrogen and oxygen atoms in total. The van der Waals surface area contributed by atoms with Crippen molar-refractivity contribution in [2.45, 2.75) is 52.4 Å². The van der Waals surface area contributed by atoms with Crippen molar-refractivity contribution in [2.24, 2.45) is 0 Å². The van der Waals surface area contributed by atoms with Crippen molar-refractivity contribution in [3.8, 4) is 17.2 Å². The minimum absolute atomic E-state index is 0.0387. The fraction of sp³-hybridized carbons (Fsp3) is 0.229. The molecular formula is C35H34O6. The zero-order valence-corrected chi connectivity index (χ0v) is 24.1. The molecule has 0 aromatic heterocycles. The molecule has 0 unspecified atom stereocenters. The normalized spacial score (nSPS) is 11.8. The molecule has 0 bridgehead atoms. The van der Waals surface area contributed by atoms with Crippen molar-refractivity contribution in [2.75, 3.05) is 0 Å². The molecule has 0 fully saturated rings. The summed E-state index contributed by atoms with van der Waals surface area (Å²) in [5, 5.41) is 31.3. The number of benzene rings is 4. The van der Waals surface area contributed by atoms with Crippen molar-refractivity contribution in [1.29, 1.82) is 0 Å². The van der Waals surface area contributed by atoms with Crippen LogP contribution in [0.25, 0.3) is 0 Å². The summed E-state index contributed by atoms with van der Waals surface area (Å²) in [4.78, 5) is 35.4. The fourth-order valence-corrected chi connectivity index (χ4v) is 5.51. The van der Waals surface area contributed by atoms with Gasteiger partial charge in [0, 0.05) is 10.8 Å². The summed E-state index contributed by atoms with van der Waals surface area (Å²) < 4.78 is 0. The van der Waals surface area contributed by atoms with Gasteiger partial charge in [-0.25, -0.2) is 0 Å². The van der Waals surface area contributed by atoms with Gasteiger partial charge in [0.25, 0.3) is 0 Å². The number of aromatic hydroxyl groups is 3. The Kier molecular flexibility index (Phi) is 7.64. The van der Waals surface area contributed by atoms with Crippen LogP contribution in [0, 0.1) is 20.8 Å². The molecule has 0 amide bonds. The third-order valence-corrected chi connectivity index (χ3v) is 8.41. The summed E-state index contributed by atoms with van der Waals surface area (Å²) in [5.74, 6) is -0.224. The zero-order valence-electron chi connectivity index (χ0n) is 24.1. The first-order valence-electron chi connectivity index (χ1n) is 13.3. The molecule has 0 aliphatic carbocycles. The Morgan fingerprint density at radius 2 is 0.878 bits per heavy atom. The molecule has 6 heteroatoms. The van der Waals surface area contributed by atoms with E-state index in [0.717, 1.165) is 27.8 Å². The van der Waals surface area contributed by atoms with Gasteiger partial charge >= 0.3 is 0 Å². The minimum atomic E-state index is -0.919. The quantitative estimate of drug-likeness (QED) is 0.163. The molecule has 41 heavy (non-hydrogen) atoms. The summed E-state index contributed by atoms with van der Waals surface area (Å²) in [7, 11) is 0. The maximum Gasteiger partial charge on any atom is 0.153 e. The van der Waals surface area contributed by atoms with Crippen LogP contribution < -0.4 is 0 Å². The first kappa shape index (κ1) is 29.3. The SMILES string of the molecule is Cc1cc(C(C)(C)c2cccc(C(C)(c3cc(C)c(O)c(C=O)c3)c3cc(C)c(O)c(C=O)c3)c2)cc(C=O)c1O. The second-order valence-electron chi connectivity index (χ2n) is 11.4. The Labute approximate surface area is 239 Å². The Morgan fingerprint density at radius 1 is 0.512 bits per heavy atom. The summed E-state index contributed by atoms with van der Waals surface area (Å²) in [6, 6.07) is 18.4. The second kappa shape index (κ2) is 10.7. The molecule has 0 saturated carbocycles. The third-order valence-electron chi connectivity index (χ3n) is 8.41. The highest BCUT2D eigenvalue weighted by Gasteiger charge is 2.35. The number of carbonyl (C=O) groups is 3. The monoisotopic (exact) mass is 550 g/mol. The Balaban J connectivity index is 2.03. The van der Waals surface area contributed by atoms with E-state index in [1.54, 1.807) is 39.0 Å². The highest BCUT2D eigenvalue weighted by Crippen LogP contribution is 2.44. The first-order chi connectivity index (χ1) is 19.3. The van der Waals surface area contributed by atoms with E-state index >= 15 is 0 Å². The predicted molar refractivity (Wildman–Crippen MR) is 159 cm³/mol. The van der Waals surface area contributed by atoms with E-state index in [4.69, 9.17) is 0 Å². The Bertz CT molecular complexity index is 1630. The minimum Gasteiger partial charge on any atom is -0.507 e. The van der Waals surface area contributed by atoms with Gasteiger partial charge in [-0.15, -0.1) is 0 Å². The average molecular weight is 551 g/mol. The molecule has 4 rings (SSSR count). The van der Waals surface area contributed by atoms with E-state index in [9.17, 15) is 29.7 Å². The van der Waals surface area contributed by atoms with Crippen molar-refractivity contribution >= 4 is 18.9 Å². The van der Waals surface area contributed by atoms with E-state index in [2.05, 4.69) is 0 Å². The largest absolute Gasteiger partial charge is 0.507 e. The van der Waals surface area contributed by atoms with Gasteiger partial charge in [0.2, 0.25) is 0 Å². The standard InChI is InChI=1S/C35H34O6/c1-20-10-28(13-23(17-36)31(20)39)34(4,5)26-8-7-9-27(16-26)35(6,29-11-21(2)32(40)24(14-29)18-37)30-12-22(3)33(41)25(15-30)19-38/h7-19,39-41H,1-6H3. The number of aryl methyl sites for hydroxylation is 3. The van der Waals surface area contributed by atoms with Crippen molar-refractivity contribution in [1.82, 2.24) is 0 Å². The van der Waals surface area contributed by atoms with Gasteiger partial charge in [0.15, 0.2) is 18.9 Å². The summed E-state index contributed by atoms with van der Waals surface area (Å²) in [6.45, 7) is 11.3. The van der Waals surface area contributed by atoms with Crippen LogP contribution in [-0.4, -0.2) is 34.2 Å². The third kappa shape index (κ3) is 4.91. The van der Waals surface area contributed by atoms with Crippen molar-refractivity contribution < 1.29 is 29.7 Å². The van der Waals surface area contributed by atoms with Gasteiger partial charge in [-0.05, 0) is 90.4 Å². The van der Waals surface area contributed by atoms with Crippen LogP contribution in [0.2, 0.25) is 0 Å². The number of hydrogen-bond acceptors (Lipinski definition) is 6. The number of phenols is 3. The molecule has 0 aliphatic rings. The molecule has 0 radical (unpaired) electrons. The Morgan fingerprint density at radius 3 is 1.29 bits per heavy atom. The highest BCUT2D eigenvalue weighted by atomic mass is 16.3. The van der Waals surface area contributed by atoms with Crippen LogP contribution in [-0.2, 0) is 10.8 Å². The van der Waals surface area contributed by atoms with Gasteiger partial charge in [-0.2, -0.15) is 0 Å². The molecule has 0 saturated heterocycles. The summed E-state index contributed by atoms with van der Waals surface area (Å²) >= 11 is 0. The molecular weight excluding hydrogens is 516 g/mol. The number of aldehydes is 3. The van der Waals surface area contributed by atoms with Gasteiger partial charge in [0.05, 0.1) is 16.7 Å². The molecule has 3 N–H and O–H groups in total. The van der Waals surface area contributed by atoms with E-state index in [1.807, 2.05) is 63.2 Å². The zero-order chi connectivity index (χ0) is 30.3. The second-order valence-corrected chi connectivity index (χ2v) is 11.4. The maximum atomic E-state index is 11.9. The van der Waals surface area contributed by atoms with Crippen molar-refractivity contribution in [3.63, 3.8) is 0 Å². The number of phenolic OH excluding ortho intramolecular Hbond substituents is 3. The molecule has 4 aromatic rings. The van der Waals surface area contributed by atoms with Crippen molar-refractivity contribution in [3.05, 3.63) is 122 Å². The topological polar surface area (TPSA) is 112 Å². The fourth-order valence-electron chi connectivity index (χ4n) is 5.51. The smallest absolute Gasteiger partial charge is 0.153 e. The predicted octanol–water partition coefficient (Wildman–Crippen LogP) is 6.85. The van der Waals surface area contributed by atoms with Crippen LogP contribution in [0.4, 0.5) is 0 Å². The van der Waals surface area contributed by atoms with E-state index < -0.39 is 10.8 Å². The summed E-state index contributed by atoms with van der Waals surface area (Å²) in [6.07, 6.45) is 1.87. The lowest BCUT2D eigenvalue weighted by Crippen LogP contribution is -2.28.